The van der Waals surface area contributed by atoms with Gasteiger partial charge in [0.1, 0.15) is 0 Å². The van der Waals surface area contributed by atoms with Crippen LogP contribution < -0.4 is 5.73 Å². The molecule has 0 saturated heterocycles. The molecule has 0 saturated carbocycles. The largest absolute Gasteiger partial charge is 0.377 e. The summed E-state index contributed by atoms with van der Waals surface area (Å²) in [6.07, 6.45) is 0.821. The molecule has 108 valence electrons. The summed E-state index contributed by atoms with van der Waals surface area (Å²) in [6.45, 7) is 7.00. The average Bonchev–Trinajstić information content (AvgIpc) is 2.44. The molecule has 3 heteroatoms. The zero-order valence-electron chi connectivity index (χ0n) is 12.5. The van der Waals surface area contributed by atoms with Gasteiger partial charge >= 0.3 is 0 Å². The first-order chi connectivity index (χ1) is 9.61. The molecule has 0 spiro atoms. The van der Waals surface area contributed by atoms with Crippen LogP contribution in [0.15, 0.2) is 36.4 Å². The number of pyridine rings is 1. The van der Waals surface area contributed by atoms with Crippen LogP contribution >= 0.6 is 0 Å². The topological polar surface area (TPSA) is 48.1 Å². The zero-order chi connectivity index (χ0) is 14.5. The Kier molecular flexibility index (Phi) is 5.10. The van der Waals surface area contributed by atoms with E-state index in [0.717, 1.165) is 23.0 Å². The second-order valence-electron chi connectivity index (χ2n) is 5.53. The number of nitrogens with zero attached hydrogens (tertiary/aromatic N) is 1. The number of hydrogen-bond acceptors (Lipinski definition) is 3. The van der Waals surface area contributed by atoms with Gasteiger partial charge < -0.3 is 10.5 Å². The van der Waals surface area contributed by atoms with Crippen molar-refractivity contribution in [2.75, 3.05) is 6.61 Å². The van der Waals surface area contributed by atoms with Gasteiger partial charge in [-0.25, -0.2) is 0 Å². The van der Waals surface area contributed by atoms with Gasteiger partial charge in [0.2, 0.25) is 0 Å². The molecule has 2 N–H and O–H groups in total. The van der Waals surface area contributed by atoms with Crippen LogP contribution in [0.4, 0.5) is 0 Å². The molecule has 0 fully saturated rings. The molecule has 1 heterocycles. The second-order valence-corrected chi connectivity index (χ2v) is 5.53. The van der Waals surface area contributed by atoms with E-state index in [1.165, 1.54) is 0 Å². The molecule has 0 aliphatic heterocycles. The number of ether oxygens (including phenoxy) is 1. The highest BCUT2D eigenvalue weighted by molar-refractivity contribution is 5.78. The lowest BCUT2D eigenvalue weighted by Gasteiger charge is -2.27. The zero-order valence-corrected chi connectivity index (χ0v) is 12.5. The maximum absolute atomic E-state index is 6.32. The van der Waals surface area contributed by atoms with Crippen LogP contribution in [0.25, 0.3) is 10.9 Å². The van der Waals surface area contributed by atoms with E-state index < -0.39 is 0 Å². The van der Waals surface area contributed by atoms with E-state index in [0.29, 0.717) is 12.5 Å². The Balaban J connectivity index is 2.14. The molecule has 0 amide bonds. The van der Waals surface area contributed by atoms with E-state index >= 15 is 0 Å². The van der Waals surface area contributed by atoms with Crippen LogP contribution in [0.2, 0.25) is 0 Å². The fraction of sp³-hybridized carbons (Fsp3) is 0.471. The number of rotatable bonds is 6. The van der Waals surface area contributed by atoms with E-state index in [9.17, 15) is 0 Å². The predicted octanol–water partition coefficient (Wildman–Crippen LogP) is 3.17. The van der Waals surface area contributed by atoms with E-state index in [4.69, 9.17) is 10.5 Å². The number of fused-ring (bicyclic) bond motifs is 1. The summed E-state index contributed by atoms with van der Waals surface area (Å²) in [5.41, 5.74) is 8.37. The minimum Gasteiger partial charge on any atom is -0.377 e. The quantitative estimate of drug-likeness (QED) is 0.878. The Morgan fingerprint density at radius 2 is 1.90 bits per heavy atom. The summed E-state index contributed by atoms with van der Waals surface area (Å²) in [7, 11) is 0. The first-order valence-corrected chi connectivity index (χ1v) is 7.33. The van der Waals surface area contributed by atoms with E-state index in [-0.39, 0.29) is 12.1 Å². The van der Waals surface area contributed by atoms with Gasteiger partial charge in [0.05, 0.1) is 11.6 Å². The fourth-order valence-corrected chi connectivity index (χ4v) is 2.58. The number of benzene rings is 1. The van der Waals surface area contributed by atoms with Gasteiger partial charge in [0, 0.05) is 30.1 Å². The SMILES string of the molecule is CCOC(C(C)C)C(N)Cc1ccc2ccccc2n1. The molecular weight excluding hydrogens is 248 g/mol. The smallest absolute Gasteiger partial charge is 0.0752 e. The van der Waals surface area contributed by atoms with Crippen LogP contribution in [0.3, 0.4) is 0 Å². The third kappa shape index (κ3) is 3.56. The second kappa shape index (κ2) is 6.82. The van der Waals surface area contributed by atoms with E-state index in [2.05, 4.69) is 37.0 Å². The van der Waals surface area contributed by atoms with Gasteiger partial charge in [-0.2, -0.15) is 0 Å². The first-order valence-electron chi connectivity index (χ1n) is 7.33. The van der Waals surface area contributed by atoms with Crippen molar-refractivity contribution in [3.63, 3.8) is 0 Å². The van der Waals surface area contributed by atoms with Crippen molar-refractivity contribution >= 4 is 10.9 Å². The predicted molar refractivity (Wildman–Crippen MR) is 83.7 cm³/mol. The van der Waals surface area contributed by atoms with Crippen LogP contribution in [0, 0.1) is 5.92 Å². The van der Waals surface area contributed by atoms with Gasteiger partial charge in [-0.05, 0) is 25.0 Å². The maximum atomic E-state index is 6.32. The van der Waals surface area contributed by atoms with Gasteiger partial charge in [0.25, 0.3) is 0 Å². The van der Waals surface area contributed by atoms with Crippen molar-refractivity contribution in [1.82, 2.24) is 4.98 Å². The molecule has 1 aromatic heterocycles. The lowest BCUT2D eigenvalue weighted by atomic mass is 9.96. The molecule has 0 bridgehead atoms. The molecule has 0 aliphatic rings. The maximum Gasteiger partial charge on any atom is 0.0752 e. The van der Waals surface area contributed by atoms with Gasteiger partial charge in [-0.3, -0.25) is 4.98 Å². The number of para-hydroxylation sites is 1. The van der Waals surface area contributed by atoms with Gasteiger partial charge in [-0.1, -0.05) is 38.1 Å². The van der Waals surface area contributed by atoms with Crippen LogP contribution in [-0.4, -0.2) is 23.7 Å². The fourth-order valence-electron chi connectivity index (χ4n) is 2.58. The van der Waals surface area contributed by atoms with Crippen molar-refractivity contribution in [2.45, 2.75) is 39.3 Å². The summed E-state index contributed by atoms with van der Waals surface area (Å²) >= 11 is 0. The van der Waals surface area contributed by atoms with Crippen LogP contribution in [0.1, 0.15) is 26.5 Å². The average molecular weight is 272 g/mol. The number of nitrogens with two attached hydrogens (primary N) is 1. The summed E-state index contributed by atoms with van der Waals surface area (Å²) in [4.78, 5) is 4.68. The highest BCUT2D eigenvalue weighted by Crippen LogP contribution is 2.16. The summed E-state index contributed by atoms with van der Waals surface area (Å²) in [5, 5.41) is 1.16. The molecule has 0 aliphatic carbocycles. The standard InChI is InChI=1S/C17H24N2O/c1-4-20-17(12(2)3)15(18)11-14-10-9-13-7-5-6-8-16(13)19-14/h5-10,12,15,17H,4,11,18H2,1-3H3. The highest BCUT2D eigenvalue weighted by atomic mass is 16.5. The third-order valence-corrected chi connectivity index (χ3v) is 3.54. The Labute approximate surface area is 121 Å². The van der Waals surface area contributed by atoms with Gasteiger partial charge in [-0.15, -0.1) is 0 Å². The molecule has 0 radical (unpaired) electrons. The van der Waals surface area contributed by atoms with Crippen LogP contribution in [-0.2, 0) is 11.2 Å². The molecule has 3 nitrogen and oxygen atoms in total. The third-order valence-electron chi connectivity index (χ3n) is 3.54. The van der Waals surface area contributed by atoms with Crippen molar-refractivity contribution < 1.29 is 4.74 Å². The van der Waals surface area contributed by atoms with Gasteiger partial charge in [0.15, 0.2) is 0 Å². The highest BCUT2D eigenvalue weighted by Gasteiger charge is 2.22. The van der Waals surface area contributed by atoms with E-state index in [1.807, 2.05) is 25.1 Å². The lowest BCUT2D eigenvalue weighted by Crippen LogP contribution is -2.42. The molecule has 2 unspecified atom stereocenters. The number of hydrogen-bond donors (Lipinski definition) is 1. The van der Waals surface area contributed by atoms with Crippen molar-refractivity contribution in [3.8, 4) is 0 Å². The molecule has 2 rings (SSSR count). The Bertz CT molecular complexity index is 553. The monoisotopic (exact) mass is 272 g/mol. The molecule has 2 atom stereocenters. The van der Waals surface area contributed by atoms with Crippen LogP contribution in [0.5, 0.6) is 0 Å². The Hall–Kier alpha value is -1.45. The van der Waals surface area contributed by atoms with Crippen molar-refractivity contribution in [3.05, 3.63) is 42.1 Å². The minimum absolute atomic E-state index is 0.0244. The normalized spacial score (nSPS) is 14.7. The minimum atomic E-state index is -0.0244. The van der Waals surface area contributed by atoms with Crippen molar-refractivity contribution in [2.24, 2.45) is 11.7 Å². The summed E-state index contributed by atoms with van der Waals surface area (Å²) < 4.78 is 5.77. The molecule has 1 aromatic carbocycles. The summed E-state index contributed by atoms with van der Waals surface area (Å²) in [6, 6.07) is 12.3. The van der Waals surface area contributed by atoms with E-state index in [1.54, 1.807) is 0 Å². The summed E-state index contributed by atoms with van der Waals surface area (Å²) in [5.74, 6) is 0.408. The Morgan fingerprint density at radius 3 is 2.60 bits per heavy atom. The first kappa shape index (κ1) is 14.9. The van der Waals surface area contributed by atoms with Crippen molar-refractivity contribution in [1.29, 1.82) is 0 Å². The molecule has 2 aromatic rings. The number of aromatic nitrogens is 1. The lowest BCUT2D eigenvalue weighted by molar-refractivity contribution is 0.0126. The Morgan fingerprint density at radius 1 is 1.15 bits per heavy atom. The molecular formula is C17H24N2O. The molecule has 20 heavy (non-hydrogen) atoms.